The quantitative estimate of drug-likeness (QED) is 0.851. The van der Waals surface area contributed by atoms with Gasteiger partial charge in [0.05, 0.1) is 6.10 Å². The number of fused-ring (bicyclic) bond motifs is 1. The molecule has 1 aromatic heterocycles. The van der Waals surface area contributed by atoms with E-state index in [0.29, 0.717) is 12.5 Å². The molecular weight excluding hydrogens is 226 g/mol. The Balaban J connectivity index is 1.68. The van der Waals surface area contributed by atoms with Gasteiger partial charge in [0.25, 0.3) is 0 Å². The molecule has 1 aliphatic carbocycles. The summed E-state index contributed by atoms with van der Waals surface area (Å²) in [6, 6.07) is 8.09. The molecule has 1 saturated carbocycles. The Morgan fingerprint density at radius 3 is 2.94 bits per heavy atom. The fourth-order valence-electron chi connectivity index (χ4n) is 2.43. The zero-order valence-corrected chi connectivity index (χ0v) is 10.6. The number of furan rings is 1. The van der Waals surface area contributed by atoms with Crippen LogP contribution in [0.1, 0.15) is 24.2 Å². The van der Waals surface area contributed by atoms with Crippen LogP contribution in [0.2, 0.25) is 0 Å². The maximum Gasteiger partial charge on any atom is 0.134 e. The molecule has 2 aromatic rings. The van der Waals surface area contributed by atoms with E-state index in [-0.39, 0.29) is 6.10 Å². The highest BCUT2D eigenvalue weighted by Gasteiger charge is 2.29. The highest BCUT2D eigenvalue weighted by atomic mass is 16.3. The molecule has 2 N–H and O–H groups in total. The van der Waals surface area contributed by atoms with Crippen molar-refractivity contribution >= 4 is 11.0 Å². The Hall–Kier alpha value is -1.32. The van der Waals surface area contributed by atoms with E-state index in [9.17, 15) is 5.11 Å². The molecular formula is C15H19NO2. The van der Waals surface area contributed by atoms with Crippen LogP contribution in [-0.2, 0) is 6.54 Å². The van der Waals surface area contributed by atoms with Crippen molar-refractivity contribution in [2.45, 2.75) is 32.4 Å². The van der Waals surface area contributed by atoms with Gasteiger partial charge in [-0.15, -0.1) is 0 Å². The summed E-state index contributed by atoms with van der Waals surface area (Å²) >= 11 is 0. The molecule has 0 radical (unpaired) electrons. The van der Waals surface area contributed by atoms with Crippen molar-refractivity contribution in [2.75, 3.05) is 6.54 Å². The van der Waals surface area contributed by atoms with Crippen LogP contribution < -0.4 is 5.32 Å². The first-order valence-corrected chi connectivity index (χ1v) is 6.61. The van der Waals surface area contributed by atoms with E-state index in [1.807, 2.05) is 25.1 Å². The Bertz CT molecular complexity index is 542. The van der Waals surface area contributed by atoms with Crippen LogP contribution >= 0.6 is 0 Å². The summed E-state index contributed by atoms with van der Waals surface area (Å²) in [6.45, 7) is 3.42. The average Bonchev–Trinajstić information content (AvgIpc) is 3.15. The first kappa shape index (κ1) is 11.8. The van der Waals surface area contributed by atoms with Gasteiger partial charge in [-0.3, -0.25) is 0 Å². The van der Waals surface area contributed by atoms with E-state index in [1.54, 1.807) is 0 Å². The Labute approximate surface area is 107 Å². The molecule has 1 unspecified atom stereocenters. The molecule has 1 aromatic carbocycles. The summed E-state index contributed by atoms with van der Waals surface area (Å²) in [4.78, 5) is 0. The third-order valence-electron chi connectivity index (χ3n) is 3.72. The highest BCUT2D eigenvalue weighted by molar-refractivity contribution is 5.82. The molecule has 3 heteroatoms. The van der Waals surface area contributed by atoms with Crippen molar-refractivity contribution in [3.8, 4) is 0 Å². The SMILES string of the molecule is Cc1oc2ccccc2c1CNCC(O)C1CC1. The van der Waals surface area contributed by atoms with Crippen LogP contribution in [0, 0.1) is 12.8 Å². The number of aryl methyl sites for hydroxylation is 1. The average molecular weight is 245 g/mol. The van der Waals surface area contributed by atoms with Gasteiger partial charge in [0.15, 0.2) is 0 Å². The lowest BCUT2D eigenvalue weighted by Gasteiger charge is -2.10. The smallest absolute Gasteiger partial charge is 0.134 e. The Morgan fingerprint density at radius 2 is 2.17 bits per heavy atom. The fourth-order valence-corrected chi connectivity index (χ4v) is 2.43. The van der Waals surface area contributed by atoms with Crippen LogP contribution in [0.15, 0.2) is 28.7 Å². The predicted octanol–water partition coefficient (Wildman–Crippen LogP) is 2.60. The number of aliphatic hydroxyl groups is 1. The predicted molar refractivity (Wildman–Crippen MR) is 71.4 cm³/mol. The lowest BCUT2D eigenvalue weighted by Crippen LogP contribution is -2.27. The molecule has 1 atom stereocenters. The first-order valence-electron chi connectivity index (χ1n) is 6.61. The van der Waals surface area contributed by atoms with Crippen LogP contribution in [0.25, 0.3) is 11.0 Å². The summed E-state index contributed by atoms with van der Waals surface area (Å²) in [7, 11) is 0. The highest BCUT2D eigenvalue weighted by Crippen LogP contribution is 2.32. The van der Waals surface area contributed by atoms with E-state index in [1.165, 1.54) is 23.8 Å². The number of hydrogen-bond donors (Lipinski definition) is 2. The van der Waals surface area contributed by atoms with Gasteiger partial charge in [0, 0.05) is 24.0 Å². The van der Waals surface area contributed by atoms with Gasteiger partial charge in [-0.05, 0) is 31.7 Å². The minimum atomic E-state index is -0.191. The fraction of sp³-hybridized carbons (Fsp3) is 0.467. The lowest BCUT2D eigenvalue weighted by molar-refractivity contribution is 0.148. The van der Waals surface area contributed by atoms with Gasteiger partial charge >= 0.3 is 0 Å². The van der Waals surface area contributed by atoms with Crippen molar-refractivity contribution in [2.24, 2.45) is 5.92 Å². The number of hydrogen-bond acceptors (Lipinski definition) is 3. The van der Waals surface area contributed by atoms with Crippen LogP contribution in [0.3, 0.4) is 0 Å². The summed E-state index contributed by atoms with van der Waals surface area (Å²) in [5, 5.41) is 14.3. The second-order valence-electron chi connectivity index (χ2n) is 5.17. The van der Waals surface area contributed by atoms with E-state index < -0.39 is 0 Å². The molecule has 96 valence electrons. The third kappa shape index (κ3) is 2.28. The minimum Gasteiger partial charge on any atom is -0.461 e. The van der Waals surface area contributed by atoms with Crippen LogP contribution in [0.5, 0.6) is 0 Å². The molecule has 1 heterocycles. The Morgan fingerprint density at radius 1 is 1.39 bits per heavy atom. The topological polar surface area (TPSA) is 45.4 Å². The van der Waals surface area contributed by atoms with Gasteiger partial charge in [0.1, 0.15) is 11.3 Å². The van der Waals surface area contributed by atoms with Gasteiger partial charge in [0.2, 0.25) is 0 Å². The van der Waals surface area contributed by atoms with Gasteiger partial charge in [-0.25, -0.2) is 0 Å². The van der Waals surface area contributed by atoms with E-state index in [0.717, 1.165) is 17.9 Å². The summed E-state index contributed by atoms with van der Waals surface area (Å²) in [5.74, 6) is 1.49. The minimum absolute atomic E-state index is 0.191. The second-order valence-corrected chi connectivity index (χ2v) is 5.17. The van der Waals surface area contributed by atoms with E-state index in [2.05, 4.69) is 11.4 Å². The molecule has 3 rings (SSSR count). The molecule has 3 nitrogen and oxygen atoms in total. The molecule has 0 bridgehead atoms. The number of benzene rings is 1. The number of rotatable bonds is 5. The standard InChI is InChI=1S/C15H19NO2/c1-10-13(8-16-9-14(17)11-6-7-11)12-4-2-3-5-15(12)18-10/h2-5,11,14,16-17H,6-9H2,1H3. The van der Waals surface area contributed by atoms with Gasteiger partial charge < -0.3 is 14.8 Å². The molecule has 0 aliphatic heterocycles. The monoisotopic (exact) mass is 245 g/mol. The van der Waals surface area contributed by atoms with Crippen molar-refractivity contribution < 1.29 is 9.52 Å². The maximum atomic E-state index is 9.81. The normalized spacial score (nSPS) is 17.2. The van der Waals surface area contributed by atoms with Gasteiger partial charge in [-0.2, -0.15) is 0 Å². The molecule has 0 spiro atoms. The third-order valence-corrected chi connectivity index (χ3v) is 3.72. The maximum absolute atomic E-state index is 9.81. The molecule has 18 heavy (non-hydrogen) atoms. The number of para-hydroxylation sites is 1. The summed E-state index contributed by atoms with van der Waals surface area (Å²) < 4.78 is 5.71. The van der Waals surface area contributed by atoms with Crippen molar-refractivity contribution in [3.63, 3.8) is 0 Å². The zero-order valence-electron chi connectivity index (χ0n) is 10.6. The lowest BCUT2D eigenvalue weighted by atomic mass is 10.1. The molecule has 1 aliphatic rings. The van der Waals surface area contributed by atoms with E-state index >= 15 is 0 Å². The first-order chi connectivity index (χ1) is 8.75. The van der Waals surface area contributed by atoms with Crippen molar-refractivity contribution in [1.82, 2.24) is 5.32 Å². The summed E-state index contributed by atoms with van der Waals surface area (Å²) in [6.07, 6.45) is 2.16. The number of aliphatic hydroxyl groups excluding tert-OH is 1. The zero-order chi connectivity index (χ0) is 12.5. The number of nitrogens with one attached hydrogen (secondary N) is 1. The second kappa shape index (κ2) is 4.75. The Kier molecular flexibility index (Phi) is 3.10. The van der Waals surface area contributed by atoms with E-state index in [4.69, 9.17) is 4.42 Å². The largest absolute Gasteiger partial charge is 0.461 e. The molecule has 0 amide bonds. The van der Waals surface area contributed by atoms with Crippen molar-refractivity contribution in [3.05, 3.63) is 35.6 Å². The van der Waals surface area contributed by atoms with Crippen LogP contribution in [0.4, 0.5) is 0 Å². The van der Waals surface area contributed by atoms with Crippen LogP contribution in [-0.4, -0.2) is 17.8 Å². The van der Waals surface area contributed by atoms with Gasteiger partial charge in [-0.1, -0.05) is 18.2 Å². The van der Waals surface area contributed by atoms with Crippen molar-refractivity contribution in [1.29, 1.82) is 0 Å². The summed E-state index contributed by atoms with van der Waals surface area (Å²) in [5.41, 5.74) is 2.14. The molecule has 1 fully saturated rings. The molecule has 0 saturated heterocycles.